The van der Waals surface area contributed by atoms with Crippen molar-refractivity contribution in [3.63, 3.8) is 0 Å². The molecule has 9 heteroatoms. The van der Waals surface area contributed by atoms with Crippen molar-refractivity contribution >= 4 is 44.3 Å². The van der Waals surface area contributed by atoms with Crippen LogP contribution in [-0.4, -0.2) is 28.5 Å². The van der Waals surface area contributed by atoms with Crippen LogP contribution in [0.3, 0.4) is 0 Å². The zero-order valence-corrected chi connectivity index (χ0v) is 15.5. The van der Waals surface area contributed by atoms with Crippen molar-refractivity contribution in [1.29, 1.82) is 0 Å². The highest BCUT2D eigenvalue weighted by Gasteiger charge is 2.13. The van der Waals surface area contributed by atoms with Crippen LogP contribution in [-0.2, 0) is 9.53 Å². The minimum Gasteiger partial charge on any atom is -0.452 e. The lowest BCUT2D eigenvalue weighted by atomic mass is 10.2. The summed E-state index contributed by atoms with van der Waals surface area (Å²) in [6.45, 7) is -0.448. The van der Waals surface area contributed by atoms with Crippen molar-refractivity contribution in [2.75, 3.05) is 11.9 Å². The summed E-state index contributed by atoms with van der Waals surface area (Å²) in [6.07, 6.45) is 2.88. The van der Waals surface area contributed by atoms with E-state index in [1.807, 2.05) is 0 Å². The second kappa shape index (κ2) is 8.15. The largest absolute Gasteiger partial charge is 0.452 e. The molecule has 0 radical (unpaired) electrons. The van der Waals surface area contributed by atoms with Crippen molar-refractivity contribution in [3.05, 3.63) is 64.0 Å². The normalized spacial score (nSPS) is 10.4. The van der Waals surface area contributed by atoms with Crippen molar-refractivity contribution in [2.24, 2.45) is 0 Å². The number of pyridine rings is 1. The quantitative estimate of drug-likeness (QED) is 0.614. The fourth-order valence-electron chi connectivity index (χ4n) is 1.98. The highest BCUT2D eigenvalue weighted by atomic mass is 79.9. The molecule has 0 unspecified atom stereocenters. The number of nitrogens with zero attached hydrogens (tertiary/aromatic N) is 2. The van der Waals surface area contributed by atoms with Crippen LogP contribution in [0.15, 0.2) is 52.6 Å². The van der Waals surface area contributed by atoms with Gasteiger partial charge in [-0.1, -0.05) is 0 Å². The lowest BCUT2D eigenvalue weighted by Crippen LogP contribution is -2.20. The first-order valence-electron chi connectivity index (χ1n) is 7.30. The first-order valence-corrected chi connectivity index (χ1v) is 8.97. The number of esters is 1. The summed E-state index contributed by atoms with van der Waals surface area (Å²) in [5, 5.41) is 4.65. The number of amides is 1. The molecule has 0 atom stereocenters. The van der Waals surface area contributed by atoms with Crippen LogP contribution in [0.4, 0.5) is 9.52 Å². The van der Waals surface area contributed by atoms with E-state index in [0.29, 0.717) is 15.3 Å². The van der Waals surface area contributed by atoms with Crippen LogP contribution in [0.1, 0.15) is 10.4 Å². The van der Waals surface area contributed by atoms with Gasteiger partial charge in [-0.15, -0.1) is 11.3 Å². The average Bonchev–Trinajstić information content (AvgIpc) is 3.08. The zero-order valence-electron chi connectivity index (χ0n) is 13.1. The molecule has 2 heterocycles. The molecule has 3 aromatic rings. The molecule has 0 spiro atoms. The Morgan fingerprint density at radius 2 is 2.00 bits per heavy atom. The van der Waals surface area contributed by atoms with Crippen LogP contribution in [0.5, 0.6) is 0 Å². The Bertz CT molecular complexity index is 946. The van der Waals surface area contributed by atoms with Crippen molar-refractivity contribution in [2.45, 2.75) is 0 Å². The Morgan fingerprint density at radius 1 is 1.23 bits per heavy atom. The van der Waals surface area contributed by atoms with Gasteiger partial charge in [0.05, 0.1) is 11.3 Å². The van der Waals surface area contributed by atoms with Gasteiger partial charge in [-0.25, -0.2) is 14.2 Å². The van der Waals surface area contributed by atoms with Gasteiger partial charge in [0.1, 0.15) is 5.82 Å². The van der Waals surface area contributed by atoms with Gasteiger partial charge in [-0.3, -0.25) is 15.1 Å². The van der Waals surface area contributed by atoms with Crippen LogP contribution in [0.2, 0.25) is 0 Å². The minimum absolute atomic E-state index is 0.236. The van der Waals surface area contributed by atoms with Crippen molar-refractivity contribution in [1.82, 2.24) is 9.97 Å². The van der Waals surface area contributed by atoms with E-state index >= 15 is 0 Å². The number of aromatic nitrogens is 2. The standard InChI is InChI=1S/C17H11BrFN3O3S/c18-12-5-11(6-20-7-12)16(24)25-8-15(23)22-17-21-14(9-26-17)10-1-3-13(19)4-2-10/h1-7,9H,8H2,(H,21,22,23). The third kappa shape index (κ3) is 4.70. The van der Waals surface area contributed by atoms with Crippen LogP contribution >= 0.6 is 27.3 Å². The molecular formula is C17H11BrFN3O3S. The van der Waals surface area contributed by atoms with Gasteiger partial charge in [0.25, 0.3) is 5.91 Å². The van der Waals surface area contributed by atoms with E-state index in [0.717, 1.165) is 5.56 Å². The summed E-state index contributed by atoms with van der Waals surface area (Å²) in [5.74, 6) is -1.50. The van der Waals surface area contributed by atoms with E-state index in [9.17, 15) is 14.0 Å². The van der Waals surface area contributed by atoms with E-state index in [4.69, 9.17) is 4.74 Å². The van der Waals surface area contributed by atoms with Crippen molar-refractivity contribution in [3.8, 4) is 11.3 Å². The number of thiazole rings is 1. The minimum atomic E-state index is -0.653. The fourth-order valence-corrected chi connectivity index (χ4v) is 3.08. The zero-order chi connectivity index (χ0) is 18.5. The monoisotopic (exact) mass is 435 g/mol. The highest BCUT2D eigenvalue weighted by molar-refractivity contribution is 9.10. The van der Waals surface area contributed by atoms with E-state index < -0.39 is 18.5 Å². The summed E-state index contributed by atoms with van der Waals surface area (Å²) in [4.78, 5) is 31.9. The molecule has 0 aliphatic heterocycles. The Hall–Kier alpha value is -2.65. The molecule has 6 nitrogen and oxygen atoms in total. The molecule has 0 saturated carbocycles. The van der Waals surface area contributed by atoms with Gasteiger partial charge in [-0.05, 0) is 46.3 Å². The first-order chi connectivity index (χ1) is 12.5. The number of benzene rings is 1. The van der Waals surface area contributed by atoms with E-state index in [-0.39, 0.29) is 11.4 Å². The summed E-state index contributed by atoms with van der Waals surface area (Å²) >= 11 is 4.42. The van der Waals surface area contributed by atoms with Gasteiger partial charge in [0.2, 0.25) is 0 Å². The number of carbonyl (C=O) groups excluding carboxylic acids is 2. The van der Waals surface area contributed by atoms with Crippen molar-refractivity contribution < 1.29 is 18.7 Å². The maximum atomic E-state index is 13.0. The van der Waals surface area contributed by atoms with Gasteiger partial charge in [0.15, 0.2) is 11.7 Å². The number of nitrogens with one attached hydrogen (secondary N) is 1. The molecule has 1 aromatic carbocycles. The fraction of sp³-hybridized carbons (Fsp3) is 0.0588. The smallest absolute Gasteiger partial charge is 0.340 e. The topological polar surface area (TPSA) is 81.2 Å². The SMILES string of the molecule is O=C(COC(=O)c1cncc(Br)c1)Nc1nc(-c2ccc(F)cc2)cs1. The number of hydrogen-bond acceptors (Lipinski definition) is 6. The molecule has 1 amide bonds. The number of rotatable bonds is 5. The number of carbonyl (C=O) groups is 2. The maximum Gasteiger partial charge on any atom is 0.340 e. The lowest BCUT2D eigenvalue weighted by Gasteiger charge is -2.04. The van der Waals surface area contributed by atoms with Gasteiger partial charge in [-0.2, -0.15) is 0 Å². The summed E-state index contributed by atoms with van der Waals surface area (Å²) in [7, 11) is 0. The molecular weight excluding hydrogens is 425 g/mol. The average molecular weight is 436 g/mol. The van der Waals surface area contributed by atoms with Gasteiger partial charge >= 0.3 is 5.97 Å². The van der Waals surface area contributed by atoms with Crippen LogP contribution in [0.25, 0.3) is 11.3 Å². The molecule has 0 aliphatic carbocycles. The molecule has 1 N–H and O–H groups in total. The Balaban J connectivity index is 1.55. The highest BCUT2D eigenvalue weighted by Crippen LogP contribution is 2.25. The molecule has 0 aliphatic rings. The maximum absolute atomic E-state index is 13.0. The third-order valence-corrected chi connectivity index (χ3v) is 4.36. The van der Waals surface area contributed by atoms with E-state index in [1.165, 1.54) is 35.9 Å². The first kappa shape index (κ1) is 18.2. The number of anilines is 1. The second-order valence-corrected chi connectivity index (χ2v) is 6.83. The number of hydrogen-bond donors (Lipinski definition) is 1. The summed E-state index contributed by atoms with van der Waals surface area (Å²) in [6, 6.07) is 7.42. The van der Waals surface area contributed by atoms with E-state index in [2.05, 4.69) is 31.2 Å². The molecule has 2 aromatic heterocycles. The third-order valence-electron chi connectivity index (χ3n) is 3.17. The van der Waals surface area contributed by atoms with Crippen LogP contribution in [0, 0.1) is 5.82 Å². The Morgan fingerprint density at radius 3 is 2.73 bits per heavy atom. The number of halogens is 2. The molecule has 0 saturated heterocycles. The summed E-state index contributed by atoms with van der Waals surface area (Å²) in [5.41, 5.74) is 1.58. The summed E-state index contributed by atoms with van der Waals surface area (Å²) < 4.78 is 18.5. The van der Waals surface area contributed by atoms with Gasteiger partial charge < -0.3 is 4.74 Å². The predicted molar refractivity (Wildman–Crippen MR) is 98.4 cm³/mol. The number of ether oxygens (including phenoxy) is 1. The Labute approximate surface area is 160 Å². The lowest BCUT2D eigenvalue weighted by molar-refractivity contribution is -0.119. The molecule has 3 rings (SSSR count). The Kier molecular flexibility index (Phi) is 5.69. The molecule has 132 valence electrons. The van der Waals surface area contributed by atoms with Crippen LogP contribution < -0.4 is 5.32 Å². The molecule has 26 heavy (non-hydrogen) atoms. The molecule has 0 bridgehead atoms. The molecule has 0 fully saturated rings. The van der Waals surface area contributed by atoms with E-state index in [1.54, 1.807) is 23.6 Å². The van der Waals surface area contributed by atoms with Gasteiger partial charge in [0, 0.05) is 27.8 Å². The predicted octanol–water partition coefficient (Wildman–Crippen LogP) is 3.90. The second-order valence-electron chi connectivity index (χ2n) is 5.06.